The third-order valence-electron chi connectivity index (χ3n) is 4.12. The number of primary amides is 1. The zero-order valence-electron chi connectivity index (χ0n) is 14.5. The third-order valence-corrected chi connectivity index (χ3v) is 4.12. The molecule has 4 aromatic rings. The molecule has 0 aliphatic heterocycles. The van der Waals surface area contributed by atoms with Gasteiger partial charge in [-0.15, -0.1) is 0 Å². The van der Waals surface area contributed by atoms with Gasteiger partial charge in [-0.05, 0) is 30.3 Å². The van der Waals surface area contributed by atoms with E-state index >= 15 is 0 Å². The van der Waals surface area contributed by atoms with Crippen molar-refractivity contribution in [1.29, 1.82) is 0 Å². The van der Waals surface area contributed by atoms with Gasteiger partial charge in [0.1, 0.15) is 18.1 Å². The minimum absolute atomic E-state index is 0.0162. The number of carbonyl (C=O) groups is 1. The minimum atomic E-state index is -0.541. The molecule has 0 fully saturated rings. The van der Waals surface area contributed by atoms with Crippen molar-refractivity contribution in [3.8, 4) is 11.4 Å². The molecule has 0 spiro atoms. The zero-order chi connectivity index (χ0) is 19.7. The van der Waals surface area contributed by atoms with Crippen LogP contribution in [0.3, 0.4) is 0 Å². The maximum absolute atomic E-state index is 13.6. The summed E-state index contributed by atoms with van der Waals surface area (Å²) < 4.78 is 20.9. The predicted molar refractivity (Wildman–Crippen MR) is 100 cm³/mol. The largest absolute Gasteiger partial charge is 0.483 e. The molecular formula is C19H15FN6O2. The highest BCUT2D eigenvalue weighted by molar-refractivity contribution is 5.97. The number of hydrogen-bond acceptors (Lipinski definition) is 6. The Morgan fingerprint density at radius 2 is 2.11 bits per heavy atom. The third kappa shape index (κ3) is 3.32. The van der Waals surface area contributed by atoms with Gasteiger partial charge in [-0.2, -0.15) is 5.10 Å². The summed E-state index contributed by atoms with van der Waals surface area (Å²) in [5.74, 6) is -0.533. The fourth-order valence-corrected chi connectivity index (χ4v) is 2.76. The van der Waals surface area contributed by atoms with E-state index in [1.807, 2.05) is 0 Å². The SMILES string of the molecule is NC(=O)c1ccc2nc(N)c(OCc3ncc(F)cc3-n3cccn3)cc2c1. The van der Waals surface area contributed by atoms with Crippen molar-refractivity contribution < 1.29 is 13.9 Å². The number of aromatic nitrogens is 4. The van der Waals surface area contributed by atoms with Crippen LogP contribution >= 0.6 is 0 Å². The van der Waals surface area contributed by atoms with E-state index in [0.717, 1.165) is 6.20 Å². The molecule has 1 aromatic carbocycles. The van der Waals surface area contributed by atoms with E-state index < -0.39 is 11.7 Å². The Bertz CT molecular complexity index is 1180. The number of benzene rings is 1. The van der Waals surface area contributed by atoms with Gasteiger partial charge >= 0.3 is 0 Å². The molecule has 8 nitrogen and oxygen atoms in total. The molecule has 0 radical (unpaired) electrons. The first-order chi connectivity index (χ1) is 13.5. The molecule has 4 N–H and O–H groups in total. The molecule has 0 bridgehead atoms. The first-order valence-corrected chi connectivity index (χ1v) is 8.28. The lowest BCUT2D eigenvalue weighted by Gasteiger charge is -2.12. The number of fused-ring (bicyclic) bond motifs is 1. The van der Waals surface area contributed by atoms with Crippen molar-refractivity contribution in [2.45, 2.75) is 6.61 Å². The number of hydrogen-bond donors (Lipinski definition) is 2. The average molecular weight is 378 g/mol. The highest BCUT2D eigenvalue weighted by atomic mass is 19.1. The highest BCUT2D eigenvalue weighted by Gasteiger charge is 2.12. The standard InChI is InChI=1S/C19H15FN6O2/c20-13-8-16(26-5-1-4-24-26)15(23-9-13)10-28-17-7-12-6-11(19(22)27)2-3-14(12)25-18(17)21/h1-9H,10H2,(H2,21,25)(H2,22,27). The molecule has 0 saturated carbocycles. The van der Waals surface area contributed by atoms with E-state index in [-0.39, 0.29) is 12.4 Å². The van der Waals surface area contributed by atoms with E-state index in [1.54, 1.807) is 42.7 Å². The monoisotopic (exact) mass is 378 g/mol. The minimum Gasteiger partial charge on any atom is -0.483 e. The van der Waals surface area contributed by atoms with Gasteiger partial charge in [0.05, 0.1) is 17.4 Å². The second kappa shape index (κ2) is 6.95. The first-order valence-electron chi connectivity index (χ1n) is 8.28. The van der Waals surface area contributed by atoms with Crippen LogP contribution in [0.4, 0.5) is 10.2 Å². The van der Waals surface area contributed by atoms with Gasteiger partial charge in [0.2, 0.25) is 5.91 Å². The van der Waals surface area contributed by atoms with Crippen molar-refractivity contribution in [3.05, 3.63) is 72.1 Å². The van der Waals surface area contributed by atoms with Crippen LogP contribution < -0.4 is 16.2 Å². The average Bonchev–Trinajstić information content (AvgIpc) is 3.21. The van der Waals surface area contributed by atoms with Crippen LogP contribution in [0.2, 0.25) is 0 Å². The Labute approximate surface area is 158 Å². The van der Waals surface area contributed by atoms with Gasteiger partial charge < -0.3 is 16.2 Å². The second-order valence-corrected chi connectivity index (χ2v) is 6.00. The van der Waals surface area contributed by atoms with Crippen LogP contribution in [0.5, 0.6) is 5.75 Å². The van der Waals surface area contributed by atoms with Gasteiger partial charge in [0.15, 0.2) is 11.6 Å². The molecule has 1 amide bonds. The summed E-state index contributed by atoms with van der Waals surface area (Å²) >= 11 is 0. The fourth-order valence-electron chi connectivity index (χ4n) is 2.76. The van der Waals surface area contributed by atoms with Crippen molar-refractivity contribution in [2.75, 3.05) is 5.73 Å². The van der Waals surface area contributed by atoms with E-state index in [4.69, 9.17) is 16.2 Å². The number of nitrogen functional groups attached to an aromatic ring is 1. The van der Waals surface area contributed by atoms with E-state index in [1.165, 1.54) is 10.7 Å². The van der Waals surface area contributed by atoms with Crippen LogP contribution in [-0.4, -0.2) is 25.7 Å². The summed E-state index contributed by atoms with van der Waals surface area (Å²) in [6.45, 7) is 0.0162. The van der Waals surface area contributed by atoms with Crippen molar-refractivity contribution in [2.24, 2.45) is 5.73 Å². The van der Waals surface area contributed by atoms with Gasteiger partial charge in [-0.1, -0.05) is 0 Å². The lowest BCUT2D eigenvalue weighted by atomic mass is 10.1. The molecule has 0 aliphatic carbocycles. The van der Waals surface area contributed by atoms with E-state index in [9.17, 15) is 9.18 Å². The van der Waals surface area contributed by atoms with Gasteiger partial charge in [0.25, 0.3) is 0 Å². The van der Waals surface area contributed by atoms with Crippen LogP contribution in [0.25, 0.3) is 16.6 Å². The molecule has 140 valence electrons. The Kier molecular flexibility index (Phi) is 4.32. The summed E-state index contributed by atoms with van der Waals surface area (Å²) in [4.78, 5) is 19.8. The maximum Gasteiger partial charge on any atom is 0.248 e. The Hall–Kier alpha value is -4.01. The number of ether oxygens (including phenoxy) is 1. The molecule has 3 aromatic heterocycles. The number of carbonyl (C=O) groups excluding carboxylic acids is 1. The van der Waals surface area contributed by atoms with Crippen LogP contribution in [0.15, 0.2) is 55.0 Å². The number of pyridine rings is 2. The first kappa shape index (κ1) is 17.4. The number of nitrogens with zero attached hydrogens (tertiary/aromatic N) is 4. The van der Waals surface area contributed by atoms with Crippen molar-refractivity contribution in [1.82, 2.24) is 19.7 Å². The van der Waals surface area contributed by atoms with Crippen LogP contribution in [0.1, 0.15) is 16.1 Å². The lowest BCUT2D eigenvalue weighted by Crippen LogP contribution is -2.10. The molecule has 3 heterocycles. The number of rotatable bonds is 5. The quantitative estimate of drug-likeness (QED) is 0.549. The topological polar surface area (TPSA) is 122 Å². The second-order valence-electron chi connectivity index (χ2n) is 6.00. The fraction of sp³-hybridized carbons (Fsp3) is 0.0526. The van der Waals surface area contributed by atoms with Crippen molar-refractivity contribution in [3.63, 3.8) is 0 Å². The molecule has 9 heteroatoms. The molecule has 0 aliphatic rings. The zero-order valence-corrected chi connectivity index (χ0v) is 14.5. The molecule has 0 unspecified atom stereocenters. The van der Waals surface area contributed by atoms with E-state index in [0.29, 0.717) is 33.6 Å². The van der Waals surface area contributed by atoms with Crippen LogP contribution in [-0.2, 0) is 6.61 Å². The van der Waals surface area contributed by atoms with Gasteiger partial charge in [-0.3, -0.25) is 9.78 Å². The Morgan fingerprint density at radius 1 is 1.25 bits per heavy atom. The number of nitrogens with two attached hydrogens (primary N) is 2. The highest BCUT2D eigenvalue weighted by Crippen LogP contribution is 2.27. The van der Waals surface area contributed by atoms with Crippen molar-refractivity contribution >= 4 is 22.6 Å². The summed E-state index contributed by atoms with van der Waals surface area (Å²) in [6, 6.07) is 9.56. The maximum atomic E-state index is 13.6. The number of halogens is 1. The number of amides is 1. The number of anilines is 1. The summed E-state index contributed by atoms with van der Waals surface area (Å²) in [5, 5.41) is 4.75. The van der Waals surface area contributed by atoms with Gasteiger partial charge in [0, 0.05) is 29.4 Å². The summed E-state index contributed by atoms with van der Waals surface area (Å²) in [6.07, 6.45) is 4.36. The molecule has 4 rings (SSSR count). The smallest absolute Gasteiger partial charge is 0.248 e. The van der Waals surface area contributed by atoms with Gasteiger partial charge in [-0.25, -0.2) is 14.1 Å². The summed E-state index contributed by atoms with van der Waals surface area (Å²) in [7, 11) is 0. The van der Waals surface area contributed by atoms with E-state index in [2.05, 4.69) is 15.1 Å². The lowest BCUT2D eigenvalue weighted by molar-refractivity contribution is 0.100. The summed E-state index contributed by atoms with van der Waals surface area (Å²) in [5.41, 5.74) is 13.2. The Balaban J connectivity index is 1.66. The molecule has 0 atom stereocenters. The Morgan fingerprint density at radius 3 is 2.86 bits per heavy atom. The predicted octanol–water partition coefficient (Wildman–Crippen LogP) is 2.21. The van der Waals surface area contributed by atoms with Crippen LogP contribution in [0, 0.1) is 5.82 Å². The molecule has 28 heavy (non-hydrogen) atoms. The molecular weight excluding hydrogens is 363 g/mol. The normalized spacial score (nSPS) is 10.9. The molecule has 0 saturated heterocycles.